The lowest BCUT2D eigenvalue weighted by Gasteiger charge is -2.11. The van der Waals surface area contributed by atoms with E-state index in [1.54, 1.807) is 7.11 Å². The molecule has 0 amide bonds. The molecule has 0 bridgehead atoms. The number of halogens is 2. The first kappa shape index (κ1) is 14.2. The Bertz CT molecular complexity index is 623. The molecule has 0 unspecified atom stereocenters. The van der Waals surface area contributed by atoms with Gasteiger partial charge in [0.25, 0.3) is 0 Å². The van der Waals surface area contributed by atoms with Gasteiger partial charge in [0.05, 0.1) is 15.9 Å². The molecule has 1 aromatic carbocycles. The van der Waals surface area contributed by atoms with Crippen molar-refractivity contribution in [2.24, 2.45) is 0 Å². The number of hydrogen-bond donors (Lipinski definition) is 0. The minimum absolute atomic E-state index is 0.317. The molecule has 104 valence electrons. The molecule has 3 nitrogen and oxygen atoms in total. The third-order valence-corrected chi connectivity index (χ3v) is 5.32. The lowest BCUT2D eigenvalue weighted by Crippen LogP contribution is -2.09. The highest BCUT2D eigenvalue weighted by Gasteiger charge is 2.26. The van der Waals surface area contributed by atoms with Crippen molar-refractivity contribution in [1.82, 2.24) is 9.97 Å². The van der Waals surface area contributed by atoms with E-state index in [2.05, 4.69) is 56.8 Å². The summed E-state index contributed by atoms with van der Waals surface area (Å²) >= 11 is 8.40. The van der Waals surface area contributed by atoms with Gasteiger partial charge in [-0.25, -0.2) is 9.97 Å². The van der Waals surface area contributed by atoms with Gasteiger partial charge in [-0.1, -0.05) is 35.9 Å². The molecule has 20 heavy (non-hydrogen) atoms. The molecular weight excluding hydrogens is 387 g/mol. The third kappa shape index (κ3) is 2.69. The van der Waals surface area contributed by atoms with Crippen LogP contribution < -0.4 is 0 Å². The Morgan fingerprint density at radius 1 is 1.25 bits per heavy atom. The van der Waals surface area contributed by atoms with Crippen LogP contribution in [0.1, 0.15) is 28.6 Å². The van der Waals surface area contributed by atoms with Gasteiger partial charge < -0.3 is 4.74 Å². The molecular formula is C15H14ClIN2O. The van der Waals surface area contributed by atoms with Crippen LogP contribution in [0.5, 0.6) is 0 Å². The summed E-state index contributed by atoms with van der Waals surface area (Å²) in [6.07, 6.45) is 1.97. The SMILES string of the molecule is COCc1nc(C2Cc3ccccc3C2)nc(Cl)c1I. The molecule has 1 heterocycles. The average molecular weight is 401 g/mol. The van der Waals surface area contributed by atoms with E-state index in [1.165, 1.54) is 11.1 Å². The zero-order valence-electron chi connectivity index (χ0n) is 11.1. The first-order valence-electron chi connectivity index (χ1n) is 6.46. The van der Waals surface area contributed by atoms with Crippen LogP contribution in [-0.2, 0) is 24.2 Å². The second kappa shape index (κ2) is 5.95. The van der Waals surface area contributed by atoms with Gasteiger partial charge in [0, 0.05) is 13.0 Å². The van der Waals surface area contributed by atoms with E-state index in [0.717, 1.165) is 27.9 Å². The van der Waals surface area contributed by atoms with Crippen molar-refractivity contribution in [3.63, 3.8) is 0 Å². The summed E-state index contributed by atoms with van der Waals surface area (Å²) in [4.78, 5) is 9.13. The highest BCUT2D eigenvalue weighted by atomic mass is 127. The number of nitrogens with zero attached hydrogens (tertiary/aromatic N) is 2. The van der Waals surface area contributed by atoms with Gasteiger partial charge in [-0.05, 0) is 46.6 Å². The average Bonchev–Trinajstić information content (AvgIpc) is 2.87. The molecule has 0 saturated carbocycles. The molecule has 0 radical (unpaired) electrons. The zero-order valence-corrected chi connectivity index (χ0v) is 14.0. The van der Waals surface area contributed by atoms with Gasteiger partial charge in [-0.15, -0.1) is 0 Å². The van der Waals surface area contributed by atoms with Crippen LogP contribution in [0.2, 0.25) is 5.15 Å². The van der Waals surface area contributed by atoms with Crippen molar-refractivity contribution in [1.29, 1.82) is 0 Å². The van der Waals surface area contributed by atoms with Gasteiger partial charge >= 0.3 is 0 Å². The molecule has 5 heteroatoms. The Hall–Kier alpha value is -0.720. The highest BCUT2D eigenvalue weighted by molar-refractivity contribution is 14.1. The van der Waals surface area contributed by atoms with Gasteiger partial charge in [-0.3, -0.25) is 0 Å². The molecule has 0 aliphatic heterocycles. The quantitative estimate of drug-likeness (QED) is 0.581. The van der Waals surface area contributed by atoms with Crippen molar-refractivity contribution in [3.8, 4) is 0 Å². The number of hydrogen-bond acceptors (Lipinski definition) is 3. The van der Waals surface area contributed by atoms with Gasteiger partial charge in [-0.2, -0.15) is 0 Å². The maximum atomic E-state index is 6.23. The predicted octanol–water partition coefficient (Wildman–Crippen LogP) is 3.76. The van der Waals surface area contributed by atoms with Crippen LogP contribution >= 0.6 is 34.2 Å². The lowest BCUT2D eigenvalue weighted by molar-refractivity contribution is 0.180. The van der Waals surface area contributed by atoms with E-state index in [4.69, 9.17) is 16.3 Å². The summed E-state index contributed by atoms with van der Waals surface area (Å²) in [6.45, 7) is 0.465. The summed E-state index contributed by atoms with van der Waals surface area (Å²) in [5.41, 5.74) is 3.66. The number of fused-ring (bicyclic) bond motifs is 1. The smallest absolute Gasteiger partial charge is 0.146 e. The van der Waals surface area contributed by atoms with Gasteiger partial charge in [0.1, 0.15) is 11.0 Å². The summed E-state index contributed by atoms with van der Waals surface area (Å²) in [5, 5.41) is 0.526. The van der Waals surface area contributed by atoms with Crippen LogP contribution in [0.15, 0.2) is 24.3 Å². The van der Waals surface area contributed by atoms with Gasteiger partial charge in [0.15, 0.2) is 0 Å². The standard InChI is InChI=1S/C15H14ClIN2O/c1-20-8-12-13(17)14(16)19-15(18-12)11-6-9-4-2-3-5-10(9)7-11/h2-5,11H,6-8H2,1H3. The molecule has 0 saturated heterocycles. The molecule has 2 aromatic rings. The molecule has 0 spiro atoms. The number of rotatable bonds is 3. The minimum atomic E-state index is 0.317. The molecule has 1 aliphatic rings. The Labute approximate surface area is 136 Å². The molecule has 1 aliphatic carbocycles. The van der Waals surface area contributed by atoms with E-state index in [9.17, 15) is 0 Å². The van der Waals surface area contributed by atoms with Crippen molar-refractivity contribution in [2.45, 2.75) is 25.4 Å². The van der Waals surface area contributed by atoms with Crippen LogP contribution in [0.4, 0.5) is 0 Å². The van der Waals surface area contributed by atoms with Crippen molar-refractivity contribution in [3.05, 3.63) is 55.6 Å². The number of ether oxygens (including phenoxy) is 1. The number of methoxy groups -OCH3 is 1. The van der Waals surface area contributed by atoms with Gasteiger partial charge in [0.2, 0.25) is 0 Å². The van der Waals surface area contributed by atoms with E-state index >= 15 is 0 Å². The summed E-state index contributed by atoms with van der Waals surface area (Å²) in [7, 11) is 1.66. The second-order valence-electron chi connectivity index (χ2n) is 4.94. The van der Waals surface area contributed by atoms with Crippen LogP contribution in [0, 0.1) is 3.57 Å². The number of aromatic nitrogens is 2. The first-order chi connectivity index (χ1) is 9.69. The van der Waals surface area contributed by atoms with E-state index < -0.39 is 0 Å². The fourth-order valence-electron chi connectivity index (χ4n) is 2.64. The Kier molecular flexibility index (Phi) is 4.23. The fourth-order valence-corrected chi connectivity index (χ4v) is 3.23. The third-order valence-electron chi connectivity index (χ3n) is 3.59. The first-order valence-corrected chi connectivity index (χ1v) is 7.92. The normalized spacial score (nSPS) is 14.6. The van der Waals surface area contributed by atoms with Crippen LogP contribution in [0.25, 0.3) is 0 Å². The monoisotopic (exact) mass is 400 g/mol. The molecule has 0 atom stereocenters. The zero-order chi connectivity index (χ0) is 14.1. The molecule has 0 fully saturated rings. The van der Waals surface area contributed by atoms with Crippen LogP contribution in [0.3, 0.4) is 0 Å². The maximum absolute atomic E-state index is 6.23. The summed E-state index contributed by atoms with van der Waals surface area (Å²) < 4.78 is 6.07. The number of benzene rings is 1. The maximum Gasteiger partial charge on any atom is 0.146 e. The largest absolute Gasteiger partial charge is 0.378 e. The minimum Gasteiger partial charge on any atom is -0.378 e. The molecule has 3 rings (SSSR count). The Morgan fingerprint density at radius 3 is 2.50 bits per heavy atom. The van der Waals surface area contributed by atoms with Crippen molar-refractivity contribution >= 4 is 34.2 Å². The molecule has 1 aromatic heterocycles. The van der Waals surface area contributed by atoms with E-state index in [1.807, 2.05) is 0 Å². The van der Waals surface area contributed by atoms with Crippen LogP contribution in [-0.4, -0.2) is 17.1 Å². The summed E-state index contributed by atoms with van der Waals surface area (Å²) in [5.74, 6) is 1.15. The predicted molar refractivity (Wildman–Crippen MR) is 87.1 cm³/mol. The highest BCUT2D eigenvalue weighted by Crippen LogP contribution is 2.33. The van der Waals surface area contributed by atoms with E-state index in [0.29, 0.717) is 17.7 Å². The van der Waals surface area contributed by atoms with Crippen molar-refractivity contribution < 1.29 is 4.74 Å². The summed E-state index contributed by atoms with van der Waals surface area (Å²) in [6, 6.07) is 8.53. The fraction of sp³-hybridized carbons (Fsp3) is 0.333. The second-order valence-corrected chi connectivity index (χ2v) is 6.38. The van der Waals surface area contributed by atoms with Crippen molar-refractivity contribution in [2.75, 3.05) is 7.11 Å². The Morgan fingerprint density at radius 2 is 1.90 bits per heavy atom. The lowest BCUT2D eigenvalue weighted by atomic mass is 10.1. The van der Waals surface area contributed by atoms with E-state index in [-0.39, 0.29) is 0 Å². The molecule has 0 N–H and O–H groups in total. The Balaban J connectivity index is 1.93. The topological polar surface area (TPSA) is 35.0 Å².